The number of benzene rings is 1. The van der Waals surface area contributed by atoms with Crippen LogP contribution < -0.4 is 0 Å². The fourth-order valence-electron chi connectivity index (χ4n) is 1.65. The first-order valence-electron chi connectivity index (χ1n) is 4.81. The van der Waals surface area contributed by atoms with Crippen LogP contribution in [-0.2, 0) is 0 Å². The van der Waals surface area contributed by atoms with Gasteiger partial charge in [0.2, 0.25) is 5.22 Å². The molecule has 0 saturated heterocycles. The van der Waals surface area contributed by atoms with E-state index in [1.54, 1.807) is 0 Å². The quantitative estimate of drug-likeness (QED) is 0.749. The molecular weight excluding hydrogens is 226 g/mol. The lowest BCUT2D eigenvalue weighted by Crippen LogP contribution is -1.89. The summed E-state index contributed by atoms with van der Waals surface area (Å²) in [6, 6.07) is 5.89. The van der Waals surface area contributed by atoms with E-state index in [9.17, 15) is 4.79 Å². The third-order valence-corrected chi connectivity index (χ3v) is 2.71. The van der Waals surface area contributed by atoms with Gasteiger partial charge in [-0.25, -0.2) is 0 Å². The Kier molecular flexibility index (Phi) is 2.79. The van der Waals surface area contributed by atoms with Gasteiger partial charge in [0.05, 0.1) is 0 Å². The van der Waals surface area contributed by atoms with Gasteiger partial charge in [-0.15, -0.1) is 0 Å². The van der Waals surface area contributed by atoms with Gasteiger partial charge in [0.15, 0.2) is 6.29 Å². The number of aryl methyl sites for hydroxylation is 2. The molecule has 0 bridgehead atoms. The van der Waals surface area contributed by atoms with Crippen LogP contribution in [0.15, 0.2) is 22.7 Å². The van der Waals surface area contributed by atoms with Crippen molar-refractivity contribution >= 4 is 17.9 Å². The van der Waals surface area contributed by atoms with Crippen molar-refractivity contribution in [3.8, 4) is 11.3 Å². The second-order valence-corrected chi connectivity index (χ2v) is 4.00. The Labute approximate surface area is 98.0 Å². The summed E-state index contributed by atoms with van der Waals surface area (Å²) in [4.78, 5) is 10.9. The lowest BCUT2D eigenvalue weighted by molar-refractivity contribution is 0.112. The number of nitrogens with zero attached hydrogens (tertiary/aromatic N) is 1. The van der Waals surface area contributed by atoms with E-state index in [1.807, 2.05) is 32.0 Å². The average Bonchev–Trinajstić information content (AvgIpc) is 2.59. The molecule has 0 spiro atoms. The Morgan fingerprint density at radius 1 is 1.38 bits per heavy atom. The molecule has 1 heterocycles. The van der Waals surface area contributed by atoms with Crippen molar-refractivity contribution in [3.05, 3.63) is 40.1 Å². The number of carbonyl (C=O) groups is 1. The predicted molar refractivity (Wildman–Crippen MR) is 61.8 cm³/mol. The molecule has 0 aliphatic heterocycles. The summed E-state index contributed by atoms with van der Waals surface area (Å²) in [5.41, 5.74) is 3.85. The lowest BCUT2D eigenvalue weighted by Gasteiger charge is -2.03. The van der Waals surface area contributed by atoms with Crippen molar-refractivity contribution in [2.24, 2.45) is 0 Å². The minimum Gasteiger partial charge on any atom is -0.343 e. The maximum Gasteiger partial charge on any atom is 0.237 e. The summed E-state index contributed by atoms with van der Waals surface area (Å²) in [5, 5.41) is 3.84. The highest BCUT2D eigenvalue weighted by atomic mass is 35.5. The van der Waals surface area contributed by atoms with Gasteiger partial charge in [0.1, 0.15) is 11.3 Å². The van der Waals surface area contributed by atoms with Gasteiger partial charge in [0.25, 0.3) is 0 Å². The van der Waals surface area contributed by atoms with Crippen molar-refractivity contribution < 1.29 is 9.32 Å². The van der Waals surface area contributed by atoms with Crippen LogP contribution in [0.1, 0.15) is 21.5 Å². The van der Waals surface area contributed by atoms with E-state index in [0.717, 1.165) is 16.7 Å². The number of rotatable bonds is 2. The summed E-state index contributed by atoms with van der Waals surface area (Å²) >= 11 is 5.72. The van der Waals surface area contributed by atoms with Crippen molar-refractivity contribution in [1.29, 1.82) is 0 Å². The maximum absolute atomic E-state index is 10.9. The minimum atomic E-state index is 0.0324. The molecule has 2 rings (SSSR count). The predicted octanol–water partition coefficient (Wildman–Crippen LogP) is 3.42. The molecule has 0 aliphatic carbocycles. The molecule has 0 N–H and O–H groups in total. The first-order valence-corrected chi connectivity index (χ1v) is 5.19. The van der Waals surface area contributed by atoms with Crippen LogP contribution >= 0.6 is 11.6 Å². The average molecular weight is 236 g/mol. The van der Waals surface area contributed by atoms with Gasteiger partial charge in [-0.2, -0.15) is 0 Å². The normalized spacial score (nSPS) is 10.4. The summed E-state index contributed by atoms with van der Waals surface area (Å²) in [6.45, 7) is 3.96. The van der Waals surface area contributed by atoms with Gasteiger partial charge >= 0.3 is 0 Å². The molecule has 1 aromatic carbocycles. The van der Waals surface area contributed by atoms with Crippen LogP contribution in [0.4, 0.5) is 0 Å². The first kappa shape index (κ1) is 10.9. The topological polar surface area (TPSA) is 43.1 Å². The minimum absolute atomic E-state index is 0.0324. The maximum atomic E-state index is 10.9. The van der Waals surface area contributed by atoms with Gasteiger partial charge in [-0.1, -0.05) is 28.9 Å². The fourth-order valence-corrected chi connectivity index (χ4v) is 1.82. The van der Waals surface area contributed by atoms with Crippen LogP contribution in [0.25, 0.3) is 11.3 Å². The molecule has 82 valence electrons. The molecular formula is C12H10ClNO2. The van der Waals surface area contributed by atoms with E-state index < -0.39 is 0 Å². The molecule has 0 amide bonds. The van der Waals surface area contributed by atoms with Crippen LogP contribution in [0.5, 0.6) is 0 Å². The molecule has 3 nitrogen and oxygen atoms in total. The number of hydrogen-bond acceptors (Lipinski definition) is 3. The Bertz CT molecular complexity index is 546. The number of carbonyl (C=O) groups excluding carboxylic acids is 1. The SMILES string of the molecule is Cc1ccc(-c2noc(Cl)c2C=O)c(C)c1. The van der Waals surface area contributed by atoms with Crippen molar-refractivity contribution in [2.45, 2.75) is 13.8 Å². The van der Waals surface area contributed by atoms with E-state index in [0.29, 0.717) is 17.5 Å². The second-order valence-electron chi connectivity index (χ2n) is 3.65. The number of halogens is 1. The number of aromatic nitrogens is 1. The summed E-state index contributed by atoms with van der Waals surface area (Å²) in [7, 11) is 0. The van der Waals surface area contributed by atoms with Crippen molar-refractivity contribution in [1.82, 2.24) is 5.16 Å². The zero-order valence-corrected chi connectivity index (χ0v) is 9.71. The molecule has 0 radical (unpaired) electrons. The highest BCUT2D eigenvalue weighted by Gasteiger charge is 2.16. The van der Waals surface area contributed by atoms with E-state index in [-0.39, 0.29) is 5.22 Å². The van der Waals surface area contributed by atoms with Crippen LogP contribution in [-0.4, -0.2) is 11.4 Å². The van der Waals surface area contributed by atoms with Crippen LogP contribution in [0.2, 0.25) is 5.22 Å². The number of hydrogen-bond donors (Lipinski definition) is 0. The smallest absolute Gasteiger partial charge is 0.237 e. The summed E-state index contributed by atoms with van der Waals surface area (Å²) in [6.07, 6.45) is 0.660. The second kappa shape index (κ2) is 4.10. The lowest BCUT2D eigenvalue weighted by atomic mass is 10.0. The molecule has 0 saturated carbocycles. The Morgan fingerprint density at radius 3 is 2.75 bits per heavy atom. The molecule has 0 atom stereocenters. The molecule has 0 unspecified atom stereocenters. The molecule has 1 aromatic heterocycles. The van der Waals surface area contributed by atoms with Gasteiger partial charge < -0.3 is 4.52 Å². The highest BCUT2D eigenvalue weighted by molar-refractivity contribution is 6.31. The monoisotopic (exact) mass is 235 g/mol. The van der Waals surface area contributed by atoms with E-state index >= 15 is 0 Å². The molecule has 16 heavy (non-hydrogen) atoms. The standard InChI is InChI=1S/C12H10ClNO2/c1-7-3-4-9(8(2)5-7)11-10(6-15)12(13)16-14-11/h3-6H,1-2H3. The third-order valence-electron chi connectivity index (χ3n) is 2.44. The van der Waals surface area contributed by atoms with E-state index in [4.69, 9.17) is 16.1 Å². The highest BCUT2D eigenvalue weighted by Crippen LogP contribution is 2.29. The summed E-state index contributed by atoms with van der Waals surface area (Å²) in [5.74, 6) is 0. The zero-order chi connectivity index (χ0) is 11.7. The molecule has 0 fully saturated rings. The van der Waals surface area contributed by atoms with Crippen molar-refractivity contribution in [2.75, 3.05) is 0 Å². The molecule has 2 aromatic rings. The Balaban J connectivity index is 2.63. The van der Waals surface area contributed by atoms with E-state index in [2.05, 4.69) is 5.16 Å². The van der Waals surface area contributed by atoms with Crippen LogP contribution in [0, 0.1) is 13.8 Å². The molecule has 4 heteroatoms. The Morgan fingerprint density at radius 2 is 2.12 bits per heavy atom. The van der Waals surface area contributed by atoms with Gasteiger partial charge in [0, 0.05) is 5.56 Å². The zero-order valence-electron chi connectivity index (χ0n) is 8.95. The largest absolute Gasteiger partial charge is 0.343 e. The first-order chi connectivity index (χ1) is 7.63. The van der Waals surface area contributed by atoms with Gasteiger partial charge in [-0.3, -0.25) is 4.79 Å². The Hall–Kier alpha value is -1.61. The third kappa shape index (κ3) is 1.74. The molecule has 0 aliphatic rings. The van der Waals surface area contributed by atoms with Gasteiger partial charge in [-0.05, 0) is 31.0 Å². The summed E-state index contributed by atoms with van der Waals surface area (Å²) < 4.78 is 4.81. The fraction of sp³-hybridized carbons (Fsp3) is 0.167. The number of aldehydes is 1. The van der Waals surface area contributed by atoms with Crippen LogP contribution in [0.3, 0.4) is 0 Å². The van der Waals surface area contributed by atoms with Crippen molar-refractivity contribution in [3.63, 3.8) is 0 Å². The van der Waals surface area contributed by atoms with E-state index in [1.165, 1.54) is 0 Å².